The van der Waals surface area contributed by atoms with Crippen molar-refractivity contribution in [2.24, 2.45) is 0 Å². The van der Waals surface area contributed by atoms with E-state index in [4.69, 9.17) is 4.74 Å². The van der Waals surface area contributed by atoms with Gasteiger partial charge in [-0.3, -0.25) is 9.59 Å². The second-order valence-corrected chi connectivity index (χ2v) is 7.16. The van der Waals surface area contributed by atoms with Gasteiger partial charge in [-0.05, 0) is 48.1 Å². The summed E-state index contributed by atoms with van der Waals surface area (Å²) in [5, 5.41) is 4.90. The Labute approximate surface area is 151 Å². The Bertz CT molecular complexity index is 754. The van der Waals surface area contributed by atoms with Crippen LogP contribution in [0, 0.1) is 6.92 Å². The number of amides is 2. The third-order valence-electron chi connectivity index (χ3n) is 4.45. The first-order chi connectivity index (χ1) is 12.1. The highest BCUT2D eigenvalue weighted by molar-refractivity contribution is 7.12. The number of methoxy groups -OCH3 is 1. The van der Waals surface area contributed by atoms with Crippen molar-refractivity contribution >= 4 is 23.2 Å². The third-order valence-corrected chi connectivity index (χ3v) is 5.46. The highest BCUT2D eigenvalue weighted by Gasteiger charge is 2.30. The van der Waals surface area contributed by atoms with Crippen molar-refractivity contribution in [2.45, 2.75) is 25.8 Å². The monoisotopic (exact) mass is 358 g/mol. The summed E-state index contributed by atoms with van der Waals surface area (Å²) in [5.41, 5.74) is 2.14. The molecule has 1 aliphatic heterocycles. The molecule has 1 fully saturated rings. The Morgan fingerprint density at radius 3 is 2.72 bits per heavy atom. The van der Waals surface area contributed by atoms with Crippen LogP contribution < -0.4 is 10.1 Å². The number of carbonyl (C=O) groups is 2. The molecule has 0 radical (unpaired) electrons. The number of thiophene rings is 1. The van der Waals surface area contributed by atoms with E-state index in [1.165, 1.54) is 11.3 Å². The lowest BCUT2D eigenvalue weighted by Gasteiger charge is -2.17. The van der Waals surface area contributed by atoms with Crippen LogP contribution in [0.5, 0.6) is 5.75 Å². The number of nitrogens with zero attached hydrogens (tertiary/aromatic N) is 1. The molecular formula is C19H22N2O3S. The summed E-state index contributed by atoms with van der Waals surface area (Å²) in [5.74, 6) is 0.844. The number of nitrogens with one attached hydrogen (secondary N) is 1. The first-order valence-electron chi connectivity index (χ1n) is 8.32. The Balaban J connectivity index is 1.51. The van der Waals surface area contributed by atoms with Crippen molar-refractivity contribution in [3.05, 3.63) is 51.7 Å². The van der Waals surface area contributed by atoms with Gasteiger partial charge in [0, 0.05) is 19.5 Å². The van der Waals surface area contributed by atoms with Gasteiger partial charge in [0.2, 0.25) is 5.91 Å². The molecule has 0 spiro atoms. The van der Waals surface area contributed by atoms with Crippen LogP contribution in [0.3, 0.4) is 0 Å². The molecule has 0 aliphatic carbocycles. The van der Waals surface area contributed by atoms with Gasteiger partial charge >= 0.3 is 0 Å². The molecule has 2 aromatic rings. The van der Waals surface area contributed by atoms with Crippen LogP contribution in [0.2, 0.25) is 0 Å². The molecular weight excluding hydrogens is 336 g/mol. The Kier molecular flexibility index (Phi) is 5.38. The summed E-state index contributed by atoms with van der Waals surface area (Å²) in [6.45, 7) is 3.16. The molecule has 1 aliphatic rings. The van der Waals surface area contributed by atoms with Crippen LogP contribution in [-0.4, -0.2) is 43.0 Å². The Morgan fingerprint density at radius 1 is 1.32 bits per heavy atom. The van der Waals surface area contributed by atoms with Gasteiger partial charge in [0.25, 0.3) is 5.91 Å². The maximum atomic E-state index is 12.3. The average molecular weight is 358 g/mol. The zero-order valence-electron chi connectivity index (χ0n) is 14.5. The van der Waals surface area contributed by atoms with E-state index >= 15 is 0 Å². The first-order valence-corrected chi connectivity index (χ1v) is 9.20. The smallest absolute Gasteiger partial charge is 0.261 e. The minimum Gasteiger partial charge on any atom is -0.497 e. The summed E-state index contributed by atoms with van der Waals surface area (Å²) in [7, 11) is 1.64. The van der Waals surface area contributed by atoms with Crippen LogP contribution >= 0.6 is 11.3 Å². The molecule has 132 valence electrons. The van der Waals surface area contributed by atoms with Crippen LogP contribution in [-0.2, 0) is 11.2 Å². The molecule has 1 saturated heterocycles. The zero-order valence-corrected chi connectivity index (χ0v) is 15.3. The van der Waals surface area contributed by atoms with Crippen molar-refractivity contribution in [1.82, 2.24) is 10.2 Å². The molecule has 3 rings (SSSR count). The number of rotatable bonds is 6. The lowest BCUT2D eigenvalue weighted by Crippen LogP contribution is -2.37. The molecule has 0 bridgehead atoms. The summed E-state index contributed by atoms with van der Waals surface area (Å²) in [6, 6.07) is 9.69. The first kappa shape index (κ1) is 17.5. The molecule has 5 nitrogen and oxygen atoms in total. The molecule has 25 heavy (non-hydrogen) atoms. The molecule has 1 atom stereocenters. The van der Waals surface area contributed by atoms with Crippen molar-refractivity contribution < 1.29 is 14.3 Å². The summed E-state index contributed by atoms with van der Waals surface area (Å²) >= 11 is 1.43. The van der Waals surface area contributed by atoms with Crippen molar-refractivity contribution in [3.8, 4) is 5.75 Å². The number of carbonyl (C=O) groups excluding carboxylic acids is 2. The van der Waals surface area contributed by atoms with Crippen molar-refractivity contribution in [3.63, 3.8) is 0 Å². The predicted molar refractivity (Wildman–Crippen MR) is 98.2 cm³/mol. The van der Waals surface area contributed by atoms with Gasteiger partial charge in [-0.2, -0.15) is 0 Å². The second-order valence-electron chi connectivity index (χ2n) is 6.25. The van der Waals surface area contributed by atoms with E-state index in [1.807, 2.05) is 47.5 Å². The fourth-order valence-electron chi connectivity index (χ4n) is 3.00. The lowest BCUT2D eigenvalue weighted by molar-refractivity contribution is -0.127. The van der Waals surface area contributed by atoms with Gasteiger partial charge in [0.05, 0.1) is 18.0 Å². The summed E-state index contributed by atoms with van der Waals surface area (Å²) in [4.78, 5) is 27.0. The second kappa shape index (κ2) is 7.70. The minimum atomic E-state index is -0.114. The van der Waals surface area contributed by atoms with E-state index in [1.54, 1.807) is 7.11 Å². The van der Waals surface area contributed by atoms with Crippen LogP contribution in [0.4, 0.5) is 0 Å². The van der Waals surface area contributed by atoms with Crippen LogP contribution in [0.1, 0.15) is 27.2 Å². The highest BCUT2D eigenvalue weighted by Crippen LogP contribution is 2.18. The third kappa shape index (κ3) is 4.20. The largest absolute Gasteiger partial charge is 0.497 e. The molecule has 1 aromatic heterocycles. The Morgan fingerprint density at radius 2 is 2.08 bits per heavy atom. The number of hydrogen-bond donors (Lipinski definition) is 1. The lowest BCUT2D eigenvalue weighted by atomic mass is 10.1. The quantitative estimate of drug-likeness (QED) is 0.864. The van der Waals surface area contributed by atoms with E-state index in [2.05, 4.69) is 5.32 Å². The van der Waals surface area contributed by atoms with E-state index in [9.17, 15) is 9.59 Å². The fourth-order valence-corrected chi connectivity index (χ4v) is 3.83. The summed E-state index contributed by atoms with van der Waals surface area (Å²) < 4.78 is 5.15. The van der Waals surface area contributed by atoms with Crippen LogP contribution in [0.15, 0.2) is 35.7 Å². The van der Waals surface area contributed by atoms with Gasteiger partial charge in [-0.25, -0.2) is 0 Å². The molecule has 2 heterocycles. The van der Waals surface area contributed by atoms with Gasteiger partial charge in [-0.1, -0.05) is 12.1 Å². The zero-order chi connectivity index (χ0) is 17.8. The van der Waals surface area contributed by atoms with E-state index in [0.29, 0.717) is 19.5 Å². The van der Waals surface area contributed by atoms with E-state index < -0.39 is 0 Å². The SMILES string of the molecule is COc1ccc(CCN2C[C@H](NC(=O)c3sccc3C)CC2=O)cc1. The van der Waals surface area contributed by atoms with Crippen LogP contribution in [0.25, 0.3) is 0 Å². The number of ether oxygens (including phenoxy) is 1. The van der Waals surface area contributed by atoms with Gasteiger partial charge in [0.15, 0.2) is 0 Å². The predicted octanol–water partition coefficient (Wildman–Crippen LogP) is 2.64. The molecule has 1 aromatic carbocycles. The Hall–Kier alpha value is -2.34. The minimum absolute atomic E-state index is 0.0812. The van der Waals surface area contributed by atoms with Gasteiger partial charge in [0.1, 0.15) is 5.75 Å². The standard InChI is InChI=1S/C19H22N2O3S/c1-13-8-10-25-18(13)19(23)20-15-11-17(22)21(12-15)9-7-14-3-5-16(24-2)6-4-14/h3-6,8,10,15H,7,9,11-12H2,1-2H3,(H,20,23)/t15-/m1/s1. The van der Waals surface area contributed by atoms with Crippen molar-refractivity contribution in [2.75, 3.05) is 20.2 Å². The topological polar surface area (TPSA) is 58.6 Å². The van der Waals surface area contributed by atoms with Gasteiger partial charge < -0.3 is 15.0 Å². The molecule has 0 saturated carbocycles. The number of aryl methyl sites for hydroxylation is 1. The highest BCUT2D eigenvalue weighted by atomic mass is 32.1. The molecule has 1 N–H and O–H groups in total. The summed E-state index contributed by atoms with van der Waals surface area (Å²) in [6.07, 6.45) is 1.17. The maximum absolute atomic E-state index is 12.3. The fraction of sp³-hybridized carbons (Fsp3) is 0.368. The number of benzene rings is 1. The van der Waals surface area contributed by atoms with Crippen molar-refractivity contribution in [1.29, 1.82) is 0 Å². The van der Waals surface area contributed by atoms with E-state index in [0.717, 1.165) is 28.2 Å². The molecule has 6 heteroatoms. The maximum Gasteiger partial charge on any atom is 0.261 e. The number of likely N-dealkylation sites (tertiary alicyclic amines) is 1. The molecule has 2 amide bonds. The molecule has 0 unspecified atom stereocenters. The average Bonchev–Trinajstić information content (AvgIpc) is 3.19. The van der Waals surface area contributed by atoms with E-state index in [-0.39, 0.29) is 17.9 Å². The normalized spacial score (nSPS) is 17.0. The van der Waals surface area contributed by atoms with Gasteiger partial charge in [-0.15, -0.1) is 11.3 Å². The number of hydrogen-bond acceptors (Lipinski definition) is 4.